The maximum Gasteiger partial charge on any atom is 0.264 e. The number of carbonyl (C=O) groups excluding carboxylic acids is 1. The molecule has 2 N–H and O–H groups in total. The van der Waals surface area contributed by atoms with Gasteiger partial charge < -0.3 is 9.67 Å². The van der Waals surface area contributed by atoms with Gasteiger partial charge in [0, 0.05) is 47.4 Å². The number of rotatable bonds is 9. The van der Waals surface area contributed by atoms with Crippen molar-refractivity contribution in [3.05, 3.63) is 82.5 Å². The van der Waals surface area contributed by atoms with Gasteiger partial charge in [0.15, 0.2) is 11.2 Å². The molecule has 0 aliphatic carbocycles. The van der Waals surface area contributed by atoms with Crippen molar-refractivity contribution in [3.63, 3.8) is 0 Å². The third-order valence-corrected chi connectivity index (χ3v) is 10.2. The van der Waals surface area contributed by atoms with Crippen LogP contribution in [-0.2, 0) is 24.3 Å². The normalized spacial score (nSPS) is 18.6. The van der Waals surface area contributed by atoms with Crippen LogP contribution in [0, 0.1) is 12.8 Å². The number of aryl methyl sites for hydroxylation is 1. The zero-order chi connectivity index (χ0) is 32.8. The van der Waals surface area contributed by atoms with E-state index in [2.05, 4.69) is 20.2 Å². The number of nitrogens with zero attached hydrogens (tertiary/aromatic N) is 6. The Bertz CT molecular complexity index is 1880. The van der Waals surface area contributed by atoms with Crippen molar-refractivity contribution < 1.29 is 23.1 Å². The Morgan fingerprint density at radius 3 is 2.62 bits per heavy atom. The second-order valence-corrected chi connectivity index (χ2v) is 13.5. The molecule has 0 radical (unpaired) electrons. The van der Waals surface area contributed by atoms with E-state index in [1.54, 1.807) is 16.1 Å². The molecule has 0 saturated carbocycles. The van der Waals surface area contributed by atoms with Gasteiger partial charge in [-0.05, 0) is 74.0 Å². The third-order valence-electron chi connectivity index (χ3n) is 9.55. The highest BCUT2D eigenvalue weighted by Gasteiger charge is 2.35. The number of piperidine rings is 1. The predicted molar refractivity (Wildman–Crippen MR) is 174 cm³/mol. The molecule has 246 valence electrons. The first kappa shape index (κ1) is 31.5. The minimum Gasteiger partial charge on any atom is -0.393 e. The average Bonchev–Trinajstić information content (AvgIpc) is 3.85. The number of likely N-dealkylation sites (tertiary alicyclic amines) is 1. The first-order valence-corrected chi connectivity index (χ1v) is 16.7. The molecule has 2 unspecified atom stereocenters. The molecule has 0 bridgehead atoms. The average molecular weight is 664 g/mol. The van der Waals surface area contributed by atoms with E-state index in [1.807, 2.05) is 38.1 Å². The van der Waals surface area contributed by atoms with Crippen LogP contribution in [0.4, 0.5) is 18.3 Å². The largest absolute Gasteiger partial charge is 0.393 e. The molecule has 2 aliphatic heterocycles. The number of halogens is 3. The minimum absolute atomic E-state index is 0.0960. The molecule has 9 nitrogen and oxygen atoms in total. The first-order valence-electron chi connectivity index (χ1n) is 15.8. The number of nitrogens with one attached hydrogen (secondary N) is 1. The fraction of sp³-hybridized carbons (Fsp3) is 0.412. The highest BCUT2D eigenvalue weighted by Crippen LogP contribution is 2.38. The molecule has 13 heteroatoms. The van der Waals surface area contributed by atoms with Gasteiger partial charge in [-0.2, -0.15) is 5.10 Å². The fourth-order valence-corrected chi connectivity index (χ4v) is 7.48. The Balaban J connectivity index is 1.23. The molecule has 3 atom stereocenters. The lowest BCUT2D eigenvalue weighted by Gasteiger charge is -2.33. The van der Waals surface area contributed by atoms with Gasteiger partial charge in [-0.1, -0.05) is 24.3 Å². The second-order valence-electron chi connectivity index (χ2n) is 12.6. The van der Waals surface area contributed by atoms with Crippen molar-refractivity contribution in [2.24, 2.45) is 5.92 Å². The van der Waals surface area contributed by atoms with Gasteiger partial charge in [-0.25, -0.2) is 23.1 Å². The van der Waals surface area contributed by atoms with Crippen molar-refractivity contribution in [1.29, 1.82) is 0 Å². The van der Waals surface area contributed by atoms with E-state index in [0.29, 0.717) is 39.1 Å². The van der Waals surface area contributed by atoms with E-state index in [0.717, 1.165) is 43.6 Å². The lowest BCUT2D eigenvalue weighted by atomic mass is 9.92. The van der Waals surface area contributed by atoms with Gasteiger partial charge in [0.25, 0.3) is 12.3 Å². The Morgan fingerprint density at radius 1 is 1.17 bits per heavy atom. The smallest absolute Gasteiger partial charge is 0.264 e. The zero-order valence-electron chi connectivity index (χ0n) is 26.1. The number of amides is 1. The number of aromatic nitrogens is 5. The molecule has 5 aromatic rings. The number of carbonyl (C=O) groups is 1. The number of fused-ring (bicyclic) bond motifs is 2. The van der Waals surface area contributed by atoms with Crippen LogP contribution in [-0.4, -0.2) is 65.6 Å². The first-order chi connectivity index (χ1) is 22.7. The molecule has 2 aromatic carbocycles. The Hall–Kier alpha value is -4.07. The zero-order valence-corrected chi connectivity index (χ0v) is 26.9. The van der Waals surface area contributed by atoms with Crippen LogP contribution in [0.25, 0.3) is 22.0 Å². The summed E-state index contributed by atoms with van der Waals surface area (Å²) >= 11 is 1.24. The molecule has 47 heavy (non-hydrogen) atoms. The molecular formula is C34H36F3N7O2S. The molecule has 5 heterocycles. The summed E-state index contributed by atoms with van der Waals surface area (Å²) in [5, 5.41) is 19.8. The number of anilines is 1. The lowest BCUT2D eigenvalue weighted by Crippen LogP contribution is -2.36. The molecule has 0 spiro atoms. The topological polar surface area (TPSA) is 101 Å². The Labute approximate surface area is 274 Å². The third kappa shape index (κ3) is 6.19. The van der Waals surface area contributed by atoms with Crippen molar-refractivity contribution in [2.45, 2.75) is 70.9 Å². The highest BCUT2D eigenvalue weighted by molar-refractivity contribution is 7.13. The van der Waals surface area contributed by atoms with E-state index in [1.165, 1.54) is 34.6 Å². The quantitative estimate of drug-likeness (QED) is 0.192. The fourth-order valence-electron chi connectivity index (χ4n) is 6.95. The molecule has 3 aromatic heterocycles. The van der Waals surface area contributed by atoms with Gasteiger partial charge in [0.05, 0.1) is 30.2 Å². The van der Waals surface area contributed by atoms with Crippen LogP contribution < -0.4 is 5.32 Å². The van der Waals surface area contributed by atoms with Crippen LogP contribution in [0.15, 0.2) is 54.4 Å². The standard InChI is InChI=1S/C34H36F3N7O2S/c1-19-25(23-5-3-21(4-6-23)15-42-10-7-22(8-11-42)20(2)45)14-26(32(36)37)27-17-44(41-29(19)27)31(33(46)40-34-38-9-12-47-34)30-28-13-24(35)16-43(28)18-39-30/h3-6,9,12,14,17-18,20,22,24,31-32,45H,7-8,10-11,13,15-16H2,1-2H3,(H,38,40,46)/t20?,24-,31?/m1/s1. The summed E-state index contributed by atoms with van der Waals surface area (Å²) in [6, 6.07) is 8.32. The number of benzene rings is 2. The van der Waals surface area contributed by atoms with Crippen LogP contribution in [0.5, 0.6) is 0 Å². The van der Waals surface area contributed by atoms with Crippen molar-refractivity contribution >= 4 is 33.3 Å². The van der Waals surface area contributed by atoms with Gasteiger partial charge in [-0.15, -0.1) is 11.3 Å². The summed E-state index contributed by atoms with van der Waals surface area (Å²) in [4.78, 5) is 24.8. The number of imidazole rings is 1. The van der Waals surface area contributed by atoms with Crippen LogP contribution in [0.1, 0.15) is 60.3 Å². The molecule has 1 fully saturated rings. The van der Waals surface area contributed by atoms with E-state index in [-0.39, 0.29) is 30.0 Å². The Morgan fingerprint density at radius 2 is 1.94 bits per heavy atom. The number of alkyl halides is 3. The van der Waals surface area contributed by atoms with Crippen molar-refractivity contribution in [3.8, 4) is 11.1 Å². The SMILES string of the molecule is Cc1c(-c2ccc(CN3CCC(C(C)O)CC3)cc2)cc(C(F)F)c2cn(C(C(=O)Nc3nccs3)c3ncn4c3C[C@@H](F)C4)nc12. The highest BCUT2D eigenvalue weighted by atomic mass is 32.1. The second kappa shape index (κ2) is 12.9. The number of aliphatic hydroxyl groups is 1. The molecule has 7 rings (SSSR count). The molecule has 1 saturated heterocycles. The monoisotopic (exact) mass is 663 g/mol. The Kier molecular flexibility index (Phi) is 8.62. The van der Waals surface area contributed by atoms with Gasteiger partial charge in [-0.3, -0.25) is 19.7 Å². The predicted octanol–water partition coefficient (Wildman–Crippen LogP) is 6.32. The van der Waals surface area contributed by atoms with Crippen LogP contribution in [0.3, 0.4) is 0 Å². The van der Waals surface area contributed by atoms with E-state index in [4.69, 9.17) is 5.10 Å². The summed E-state index contributed by atoms with van der Waals surface area (Å²) in [6.07, 6.45) is 2.38. The summed E-state index contributed by atoms with van der Waals surface area (Å²) in [7, 11) is 0. The number of hydrogen-bond donors (Lipinski definition) is 2. The molecular weight excluding hydrogens is 627 g/mol. The van der Waals surface area contributed by atoms with E-state index < -0.39 is 24.5 Å². The maximum atomic E-state index is 14.6. The number of aliphatic hydroxyl groups excluding tert-OH is 1. The molecule has 1 amide bonds. The molecule has 2 aliphatic rings. The van der Waals surface area contributed by atoms with Crippen molar-refractivity contribution in [2.75, 3.05) is 18.4 Å². The number of thiazole rings is 1. The van der Waals surface area contributed by atoms with Gasteiger partial charge in [0.1, 0.15) is 6.17 Å². The minimum atomic E-state index is -2.79. The van der Waals surface area contributed by atoms with Gasteiger partial charge in [0.2, 0.25) is 0 Å². The lowest BCUT2D eigenvalue weighted by molar-refractivity contribution is -0.118. The summed E-state index contributed by atoms with van der Waals surface area (Å²) in [5.74, 6) is -0.163. The number of hydrogen-bond acceptors (Lipinski definition) is 7. The van der Waals surface area contributed by atoms with Crippen LogP contribution in [0.2, 0.25) is 0 Å². The maximum absolute atomic E-state index is 14.6. The van der Waals surface area contributed by atoms with Crippen molar-refractivity contribution in [1.82, 2.24) is 29.2 Å². The van der Waals surface area contributed by atoms with Gasteiger partial charge >= 0.3 is 0 Å². The summed E-state index contributed by atoms with van der Waals surface area (Å²) < 4.78 is 46.7. The van der Waals surface area contributed by atoms with E-state index in [9.17, 15) is 23.1 Å². The van der Waals surface area contributed by atoms with E-state index >= 15 is 0 Å². The summed E-state index contributed by atoms with van der Waals surface area (Å²) in [6.45, 7) is 6.47. The summed E-state index contributed by atoms with van der Waals surface area (Å²) in [5.41, 5.74) is 4.33. The van der Waals surface area contributed by atoms with Crippen LogP contribution >= 0.6 is 11.3 Å².